The van der Waals surface area contributed by atoms with Crippen LogP contribution in [-0.2, 0) is 11.8 Å². The molecule has 1 amide bonds. The zero-order chi connectivity index (χ0) is 14.0. The maximum atomic E-state index is 11.9. The molecule has 2 aromatic rings. The topological polar surface area (TPSA) is 86.1 Å². The molecule has 0 unspecified atom stereocenters. The van der Waals surface area contributed by atoms with E-state index in [2.05, 4.69) is 20.1 Å². The smallest absolute Gasteiger partial charge is 0.350 e. The summed E-state index contributed by atoms with van der Waals surface area (Å²) in [5, 5.41) is 6.88. The molecule has 0 atom stereocenters. The van der Waals surface area contributed by atoms with Crippen molar-refractivity contribution in [3.8, 4) is 0 Å². The second-order valence-corrected chi connectivity index (χ2v) is 4.72. The molecule has 19 heavy (non-hydrogen) atoms. The molecule has 100 valence electrons. The lowest BCUT2D eigenvalue weighted by atomic mass is 10.4. The predicted octanol–water partition coefficient (Wildman–Crippen LogP) is 1.22. The van der Waals surface area contributed by atoms with Gasteiger partial charge in [0.05, 0.1) is 12.8 Å². The SMILES string of the molecule is COC(=O)c1sc(NC(=O)c2ccnn2C)nc1C. The number of amides is 1. The van der Waals surface area contributed by atoms with Gasteiger partial charge >= 0.3 is 5.97 Å². The van der Waals surface area contributed by atoms with Gasteiger partial charge in [0.25, 0.3) is 5.91 Å². The summed E-state index contributed by atoms with van der Waals surface area (Å²) in [5.41, 5.74) is 0.935. The van der Waals surface area contributed by atoms with Crippen LogP contribution in [-0.4, -0.2) is 33.8 Å². The molecule has 0 aliphatic rings. The minimum atomic E-state index is -0.462. The normalized spacial score (nSPS) is 10.3. The van der Waals surface area contributed by atoms with Gasteiger partial charge in [0.1, 0.15) is 10.6 Å². The van der Waals surface area contributed by atoms with E-state index in [0.717, 1.165) is 11.3 Å². The van der Waals surface area contributed by atoms with Crippen molar-refractivity contribution in [2.45, 2.75) is 6.92 Å². The molecule has 0 saturated carbocycles. The number of carbonyl (C=O) groups is 2. The Morgan fingerprint density at radius 3 is 2.79 bits per heavy atom. The summed E-state index contributed by atoms with van der Waals surface area (Å²) in [6, 6.07) is 1.59. The largest absolute Gasteiger partial charge is 0.465 e. The van der Waals surface area contributed by atoms with Crippen molar-refractivity contribution >= 4 is 28.3 Å². The Bertz CT molecular complexity index is 632. The van der Waals surface area contributed by atoms with Crippen LogP contribution in [0.25, 0.3) is 0 Å². The van der Waals surface area contributed by atoms with E-state index in [0.29, 0.717) is 21.4 Å². The number of ether oxygens (including phenoxy) is 1. The van der Waals surface area contributed by atoms with Gasteiger partial charge in [-0.2, -0.15) is 5.10 Å². The molecule has 0 aliphatic heterocycles. The molecule has 7 nitrogen and oxygen atoms in total. The van der Waals surface area contributed by atoms with Crippen LogP contribution in [0.15, 0.2) is 12.3 Å². The number of esters is 1. The lowest BCUT2D eigenvalue weighted by Gasteiger charge is -2.01. The second-order valence-electron chi connectivity index (χ2n) is 3.72. The van der Waals surface area contributed by atoms with E-state index < -0.39 is 5.97 Å². The molecule has 2 heterocycles. The van der Waals surface area contributed by atoms with Crippen molar-refractivity contribution in [3.63, 3.8) is 0 Å². The Labute approximate surface area is 113 Å². The van der Waals surface area contributed by atoms with Gasteiger partial charge in [-0.25, -0.2) is 9.78 Å². The fourth-order valence-corrected chi connectivity index (χ4v) is 2.37. The van der Waals surface area contributed by atoms with Gasteiger partial charge < -0.3 is 4.74 Å². The number of nitrogens with one attached hydrogen (secondary N) is 1. The van der Waals surface area contributed by atoms with E-state index in [4.69, 9.17) is 0 Å². The van der Waals surface area contributed by atoms with E-state index in [-0.39, 0.29) is 5.91 Å². The quantitative estimate of drug-likeness (QED) is 0.854. The number of thiazole rings is 1. The van der Waals surface area contributed by atoms with E-state index in [1.807, 2.05) is 0 Å². The summed E-state index contributed by atoms with van der Waals surface area (Å²) in [7, 11) is 2.97. The Balaban J connectivity index is 2.19. The van der Waals surface area contributed by atoms with Crippen LogP contribution in [0.4, 0.5) is 5.13 Å². The number of hydrogen-bond donors (Lipinski definition) is 1. The Morgan fingerprint density at radius 1 is 1.47 bits per heavy atom. The van der Waals surface area contributed by atoms with E-state index in [1.54, 1.807) is 20.0 Å². The fraction of sp³-hybridized carbons (Fsp3) is 0.273. The molecule has 8 heteroatoms. The minimum Gasteiger partial charge on any atom is -0.465 e. The van der Waals surface area contributed by atoms with Crippen molar-refractivity contribution in [2.24, 2.45) is 7.05 Å². The van der Waals surface area contributed by atoms with Crippen molar-refractivity contribution in [1.29, 1.82) is 0 Å². The van der Waals surface area contributed by atoms with Crippen LogP contribution in [0.1, 0.15) is 25.9 Å². The van der Waals surface area contributed by atoms with E-state index >= 15 is 0 Å². The van der Waals surface area contributed by atoms with Gasteiger partial charge in [-0.3, -0.25) is 14.8 Å². The van der Waals surface area contributed by atoms with Crippen LogP contribution in [0.2, 0.25) is 0 Å². The molecule has 0 aromatic carbocycles. The molecular weight excluding hydrogens is 268 g/mol. The molecular formula is C11H12N4O3S. The summed E-state index contributed by atoms with van der Waals surface area (Å²) >= 11 is 1.08. The van der Waals surface area contributed by atoms with Crippen LogP contribution in [0.5, 0.6) is 0 Å². The lowest BCUT2D eigenvalue weighted by molar-refractivity contribution is 0.0605. The summed E-state index contributed by atoms with van der Waals surface area (Å²) in [6.45, 7) is 1.68. The Hall–Kier alpha value is -2.22. The number of anilines is 1. The molecule has 0 spiro atoms. The Morgan fingerprint density at radius 2 is 2.21 bits per heavy atom. The molecule has 0 fully saturated rings. The van der Waals surface area contributed by atoms with Crippen LogP contribution in [0.3, 0.4) is 0 Å². The van der Waals surface area contributed by atoms with E-state index in [9.17, 15) is 9.59 Å². The summed E-state index contributed by atoms with van der Waals surface area (Å²) in [6.07, 6.45) is 1.53. The highest BCUT2D eigenvalue weighted by Crippen LogP contribution is 2.23. The first-order chi connectivity index (χ1) is 9.02. The summed E-state index contributed by atoms with van der Waals surface area (Å²) in [5.74, 6) is -0.791. The van der Waals surface area contributed by atoms with Gasteiger partial charge in [0.15, 0.2) is 5.13 Å². The monoisotopic (exact) mass is 280 g/mol. The highest BCUT2D eigenvalue weighted by atomic mass is 32.1. The third kappa shape index (κ3) is 2.63. The fourth-order valence-electron chi connectivity index (χ4n) is 1.49. The van der Waals surface area contributed by atoms with Gasteiger partial charge in [-0.05, 0) is 13.0 Å². The zero-order valence-electron chi connectivity index (χ0n) is 10.6. The number of aryl methyl sites for hydroxylation is 2. The molecule has 0 bridgehead atoms. The molecule has 0 aliphatic carbocycles. The molecule has 1 N–H and O–H groups in total. The first-order valence-corrected chi connectivity index (χ1v) is 6.19. The minimum absolute atomic E-state index is 0.329. The maximum Gasteiger partial charge on any atom is 0.350 e. The maximum absolute atomic E-state index is 11.9. The molecule has 0 saturated heterocycles. The first kappa shape index (κ1) is 13.2. The van der Waals surface area contributed by atoms with Crippen molar-refractivity contribution in [3.05, 3.63) is 28.5 Å². The lowest BCUT2D eigenvalue weighted by Crippen LogP contribution is -2.15. The number of rotatable bonds is 3. The number of methoxy groups -OCH3 is 1. The summed E-state index contributed by atoms with van der Waals surface area (Å²) in [4.78, 5) is 27.9. The van der Waals surface area contributed by atoms with Gasteiger partial charge in [-0.1, -0.05) is 11.3 Å². The molecule has 0 radical (unpaired) electrons. The molecule has 2 rings (SSSR count). The zero-order valence-corrected chi connectivity index (χ0v) is 11.4. The average Bonchev–Trinajstić information content (AvgIpc) is 2.94. The number of hydrogen-bond acceptors (Lipinski definition) is 6. The van der Waals surface area contributed by atoms with Gasteiger partial charge in [-0.15, -0.1) is 0 Å². The van der Waals surface area contributed by atoms with Crippen molar-refractivity contribution in [2.75, 3.05) is 12.4 Å². The standard InChI is InChI=1S/C11H12N4O3S/c1-6-8(10(17)18-3)19-11(13-6)14-9(16)7-4-5-12-15(7)2/h4-5H,1-3H3,(H,13,14,16). The van der Waals surface area contributed by atoms with Crippen LogP contribution < -0.4 is 5.32 Å². The summed E-state index contributed by atoms with van der Waals surface area (Å²) < 4.78 is 6.09. The van der Waals surface area contributed by atoms with Crippen LogP contribution >= 0.6 is 11.3 Å². The van der Waals surface area contributed by atoms with Crippen molar-refractivity contribution in [1.82, 2.24) is 14.8 Å². The highest BCUT2D eigenvalue weighted by Gasteiger charge is 2.18. The number of aromatic nitrogens is 3. The average molecular weight is 280 g/mol. The Kier molecular flexibility index (Phi) is 3.61. The highest BCUT2D eigenvalue weighted by molar-refractivity contribution is 7.17. The van der Waals surface area contributed by atoms with Crippen molar-refractivity contribution < 1.29 is 14.3 Å². The molecule has 2 aromatic heterocycles. The third-order valence-electron chi connectivity index (χ3n) is 2.44. The van der Waals surface area contributed by atoms with Crippen LogP contribution in [0, 0.1) is 6.92 Å². The number of nitrogens with zero attached hydrogens (tertiary/aromatic N) is 3. The van der Waals surface area contributed by atoms with E-state index in [1.165, 1.54) is 18.0 Å². The van der Waals surface area contributed by atoms with Gasteiger partial charge in [0.2, 0.25) is 0 Å². The second kappa shape index (κ2) is 5.19. The number of carbonyl (C=O) groups excluding carboxylic acids is 2. The predicted molar refractivity (Wildman–Crippen MR) is 69.4 cm³/mol. The first-order valence-electron chi connectivity index (χ1n) is 5.38. The van der Waals surface area contributed by atoms with Gasteiger partial charge in [0, 0.05) is 13.2 Å². The third-order valence-corrected chi connectivity index (χ3v) is 3.49.